The number of hydrogen-bond donors (Lipinski definition) is 2. The maximum atomic E-state index is 11.3. The van der Waals surface area contributed by atoms with Gasteiger partial charge in [0.05, 0.1) is 11.2 Å². The van der Waals surface area contributed by atoms with Crippen molar-refractivity contribution in [2.45, 2.75) is 6.92 Å². The van der Waals surface area contributed by atoms with Gasteiger partial charge < -0.3 is 10.4 Å². The molecule has 0 spiro atoms. The molecule has 2 aromatic rings. The fourth-order valence-corrected chi connectivity index (χ4v) is 1.74. The number of aromatic nitrogens is 1. The summed E-state index contributed by atoms with van der Waals surface area (Å²) in [6.45, 7) is 1.62. The molecule has 0 unspecified atom stereocenters. The predicted octanol–water partition coefficient (Wildman–Crippen LogP) is 1.76. The van der Waals surface area contributed by atoms with E-state index in [0.717, 1.165) is 16.5 Å². The van der Waals surface area contributed by atoms with E-state index in [2.05, 4.69) is 10.3 Å². The molecule has 0 atom stereocenters. The van der Waals surface area contributed by atoms with E-state index >= 15 is 0 Å². The van der Waals surface area contributed by atoms with Gasteiger partial charge in [-0.25, -0.2) is 4.98 Å². The minimum Gasteiger partial charge on any atom is -0.480 e. The summed E-state index contributed by atoms with van der Waals surface area (Å²) >= 11 is 0. The van der Waals surface area contributed by atoms with Gasteiger partial charge in [-0.15, -0.1) is 0 Å². The van der Waals surface area contributed by atoms with Gasteiger partial charge in [0.1, 0.15) is 6.54 Å². The molecule has 102 valence electrons. The molecule has 0 aliphatic heterocycles. The topological polar surface area (TPSA) is 79.3 Å². The Bertz CT molecular complexity index is 693. The molecule has 0 aliphatic rings. The Balaban J connectivity index is 2.11. The number of benzene rings is 1. The summed E-state index contributed by atoms with van der Waals surface area (Å²) in [5.41, 5.74) is 2.66. The summed E-state index contributed by atoms with van der Waals surface area (Å²) in [5.74, 6) is -1.54. The van der Waals surface area contributed by atoms with E-state index in [1.54, 1.807) is 6.08 Å². The number of pyridine rings is 1. The zero-order valence-electron chi connectivity index (χ0n) is 11.0. The van der Waals surface area contributed by atoms with Crippen LogP contribution in [0.2, 0.25) is 0 Å². The second-order valence-corrected chi connectivity index (χ2v) is 4.38. The van der Waals surface area contributed by atoms with Gasteiger partial charge in [0, 0.05) is 11.5 Å². The summed E-state index contributed by atoms with van der Waals surface area (Å²) in [4.78, 5) is 26.0. The molecular formula is C15H14N2O3. The Hall–Kier alpha value is -2.69. The Morgan fingerprint density at radius 1 is 1.30 bits per heavy atom. The minimum absolute atomic E-state index is 0.395. The SMILES string of the molecule is Cc1ccc2nc(/C=C/C(=O)NCC(=O)O)ccc2c1. The summed E-state index contributed by atoms with van der Waals surface area (Å²) in [7, 11) is 0. The van der Waals surface area contributed by atoms with Gasteiger partial charge in [-0.05, 0) is 31.2 Å². The van der Waals surface area contributed by atoms with Gasteiger partial charge in [0.15, 0.2) is 0 Å². The number of aryl methyl sites for hydroxylation is 1. The highest BCUT2D eigenvalue weighted by molar-refractivity contribution is 5.93. The molecule has 1 aromatic carbocycles. The Labute approximate surface area is 115 Å². The van der Waals surface area contributed by atoms with Crippen molar-refractivity contribution in [2.75, 3.05) is 6.54 Å². The molecule has 0 bridgehead atoms. The largest absolute Gasteiger partial charge is 0.480 e. The van der Waals surface area contributed by atoms with Gasteiger partial charge >= 0.3 is 5.97 Å². The maximum absolute atomic E-state index is 11.3. The number of aliphatic carboxylic acids is 1. The van der Waals surface area contributed by atoms with Crippen LogP contribution in [-0.2, 0) is 9.59 Å². The standard InChI is InChI=1S/C15H14N2O3/c1-10-2-6-13-11(8-10)3-4-12(17-13)5-7-14(18)16-9-15(19)20/h2-8H,9H2,1H3,(H,16,18)(H,19,20)/b7-5+. The van der Waals surface area contributed by atoms with Gasteiger partial charge in [-0.1, -0.05) is 17.7 Å². The minimum atomic E-state index is -1.08. The number of rotatable bonds is 4. The second-order valence-electron chi connectivity index (χ2n) is 4.38. The quantitative estimate of drug-likeness (QED) is 0.830. The van der Waals surface area contributed by atoms with Crippen molar-refractivity contribution >= 4 is 28.9 Å². The number of carbonyl (C=O) groups is 2. The lowest BCUT2D eigenvalue weighted by Gasteiger charge is -2.00. The number of nitrogens with zero attached hydrogens (tertiary/aromatic N) is 1. The molecule has 0 aliphatic carbocycles. The number of carbonyl (C=O) groups excluding carboxylic acids is 1. The lowest BCUT2D eigenvalue weighted by atomic mass is 10.1. The van der Waals surface area contributed by atoms with Crippen LogP contribution in [0.4, 0.5) is 0 Å². The first-order valence-electron chi connectivity index (χ1n) is 6.10. The number of hydrogen-bond acceptors (Lipinski definition) is 3. The van der Waals surface area contributed by atoms with Crippen molar-refractivity contribution in [1.82, 2.24) is 10.3 Å². The summed E-state index contributed by atoms with van der Waals surface area (Å²) in [5, 5.41) is 11.7. The van der Waals surface area contributed by atoms with Gasteiger partial charge in [-0.2, -0.15) is 0 Å². The molecule has 1 aromatic heterocycles. The van der Waals surface area contributed by atoms with E-state index in [0.29, 0.717) is 5.69 Å². The number of fused-ring (bicyclic) bond motifs is 1. The van der Waals surface area contributed by atoms with E-state index in [4.69, 9.17) is 5.11 Å². The molecule has 2 rings (SSSR count). The molecule has 1 heterocycles. The number of amides is 1. The van der Waals surface area contributed by atoms with E-state index in [9.17, 15) is 9.59 Å². The monoisotopic (exact) mass is 270 g/mol. The fourth-order valence-electron chi connectivity index (χ4n) is 1.74. The smallest absolute Gasteiger partial charge is 0.322 e. The van der Waals surface area contributed by atoms with Crippen molar-refractivity contribution in [3.63, 3.8) is 0 Å². The average molecular weight is 270 g/mol. The highest BCUT2D eigenvalue weighted by Gasteiger charge is 2.00. The Morgan fingerprint density at radius 2 is 2.10 bits per heavy atom. The van der Waals surface area contributed by atoms with Gasteiger partial charge in [0.25, 0.3) is 0 Å². The number of nitrogens with one attached hydrogen (secondary N) is 1. The van der Waals surface area contributed by atoms with Crippen molar-refractivity contribution in [2.24, 2.45) is 0 Å². The third-order valence-electron chi connectivity index (χ3n) is 2.69. The number of carboxylic acid groups (broad SMARTS) is 1. The van der Waals surface area contributed by atoms with E-state index in [1.165, 1.54) is 6.08 Å². The third kappa shape index (κ3) is 3.65. The molecule has 2 N–H and O–H groups in total. The van der Waals surface area contributed by atoms with Crippen LogP contribution in [-0.4, -0.2) is 28.5 Å². The molecule has 0 radical (unpaired) electrons. The van der Waals surface area contributed by atoms with E-state index in [1.807, 2.05) is 37.3 Å². The van der Waals surface area contributed by atoms with E-state index < -0.39 is 18.4 Å². The molecule has 20 heavy (non-hydrogen) atoms. The predicted molar refractivity (Wildman–Crippen MR) is 76.2 cm³/mol. The van der Waals surface area contributed by atoms with Crippen LogP contribution in [0.25, 0.3) is 17.0 Å². The van der Waals surface area contributed by atoms with Crippen LogP contribution in [0.15, 0.2) is 36.4 Å². The van der Waals surface area contributed by atoms with Gasteiger partial charge in [0.2, 0.25) is 5.91 Å². The molecule has 0 saturated heterocycles. The molecular weight excluding hydrogens is 256 g/mol. The molecule has 5 heteroatoms. The molecule has 0 saturated carbocycles. The second kappa shape index (κ2) is 5.97. The van der Waals surface area contributed by atoms with Crippen molar-refractivity contribution in [3.8, 4) is 0 Å². The Morgan fingerprint density at radius 3 is 2.85 bits per heavy atom. The molecule has 1 amide bonds. The third-order valence-corrected chi connectivity index (χ3v) is 2.69. The summed E-state index contributed by atoms with van der Waals surface area (Å²) < 4.78 is 0. The average Bonchev–Trinajstić information content (AvgIpc) is 2.42. The highest BCUT2D eigenvalue weighted by Crippen LogP contribution is 2.14. The van der Waals surface area contributed by atoms with Crippen LogP contribution in [0.3, 0.4) is 0 Å². The summed E-state index contributed by atoms with van der Waals surface area (Å²) in [6, 6.07) is 9.68. The van der Waals surface area contributed by atoms with Gasteiger partial charge in [-0.3, -0.25) is 9.59 Å². The zero-order valence-corrected chi connectivity index (χ0v) is 11.0. The first-order chi connectivity index (χ1) is 9.54. The van der Waals surface area contributed by atoms with Crippen molar-refractivity contribution in [3.05, 3.63) is 47.7 Å². The van der Waals surface area contributed by atoms with Crippen LogP contribution in [0, 0.1) is 6.92 Å². The highest BCUT2D eigenvalue weighted by atomic mass is 16.4. The maximum Gasteiger partial charge on any atom is 0.322 e. The normalized spacial score (nSPS) is 10.8. The van der Waals surface area contributed by atoms with Crippen molar-refractivity contribution < 1.29 is 14.7 Å². The first-order valence-corrected chi connectivity index (χ1v) is 6.10. The lowest BCUT2D eigenvalue weighted by molar-refractivity contribution is -0.137. The Kier molecular flexibility index (Phi) is 4.10. The number of carboxylic acids is 1. The van der Waals surface area contributed by atoms with Crippen LogP contribution in [0.5, 0.6) is 0 Å². The fraction of sp³-hybridized carbons (Fsp3) is 0.133. The molecule has 5 nitrogen and oxygen atoms in total. The van der Waals surface area contributed by atoms with Crippen LogP contribution >= 0.6 is 0 Å². The van der Waals surface area contributed by atoms with Crippen molar-refractivity contribution in [1.29, 1.82) is 0 Å². The lowest BCUT2D eigenvalue weighted by Crippen LogP contribution is -2.27. The summed E-state index contributed by atoms with van der Waals surface area (Å²) in [6.07, 6.45) is 2.82. The van der Waals surface area contributed by atoms with Crippen LogP contribution < -0.4 is 5.32 Å². The first kappa shape index (κ1) is 13.7. The molecule has 0 fully saturated rings. The zero-order chi connectivity index (χ0) is 14.5. The van der Waals surface area contributed by atoms with E-state index in [-0.39, 0.29) is 0 Å². The van der Waals surface area contributed by atoms with Crippen LogP contribution in [0.1, 0.15) is 11.3 Å².